The van der Waals surface area contributed by atoms with Crippen LogP contribution < -0.4 is 0 Å². The zero-order valence-electron chi connectivity index (χ0n) is 9.13. The fourth-order valence-corrected chi connectivity index (χ4v) is 1.56. The lowest BCUT2D eigenvalue weighted by atomic mass is 10.2. The second-order valence-corrected chi connectivity index (χ2v) is 3.46. The number of hydrogen-bond donors (Lipinski definition) is 0. The van der Waals surface area contributed by atoms with E-state index in [1.165, 1.54) is 0 Å². The van der Waals surface area contributed by atoms with Crippen LogP contribution in [0, 0.1) is 0 Å². The second-order valence-electron chi connectivity index (χ2n) is 3.46. The molecule has 4 heteroatoms. The molecule has 0 unspecified atom stereocenters. The molecule has 0 N–H and O–H groups in total. The van der Waals surface area contributed by atoms with E-state index in [1.807, 2.05) is 35.9 Å². The maximum atomic E-state index is 11.9. The Morgan fingerprint density at radius 3 is 2.88 bits per heavy atom. The summed E-state index contributed by atoms with van der Waals surface area (Å²) in [6, 6.07) is 5.56. The molecule has 2 heterocycles. The highest BCUT2D eigenvalue weighted by Crippen LogP contribution is 2.04. The SMILES string of the molecule is CCn1ccnc1C(=O)Cc1ccccn1. The van der Waals surface area contributed by atoms with Crippen LogP contribution in [-0.4, -0.2) is 20.3 Å². The van der Waals surface area contributed by atoms with Gasteiger partial charge in [-0.3, -0.25) is 9.78 Å². The van der Waals surface area contributed by atoms with Crippen molar-refractivity contribution < 1.29 is 4.79 Å². The minimum atomic E-state index is 0.00514. The smallest absolute Gasteiger partial charge is 0.204 e. The lowest BCUT2D eigenvalue weighted by Crippen LogP contribution is -2.12. The van der Waals surface area contributed by atoms with E-state index in [0.717, 1.165) is 12.2 Å². The van der Waals surface area contributed by atoms with Gasteiger partial charge in [0, 0.05) is 30.8 Å². The van der Waals surface area contributed by atoms with Crippen LogP contribution in [-0.2, 0) is 13.0 Å². The van der Waals surface area contributed by atoms with Gasteiger partial charge in [-0.2, -0.15) is 0 Å². The summed E-state index contributed by atoms with van der Waals surface area (Å²) in [5, 5.41) is 0. The number of aromatic nitrogens is 3. The lowest BCUT2D eigenvalue weighted by Gasteiger charge is -2.03. The van der Waals surface area contributed by atoms with Crippen LogP contribution in [0.2, 0.25) is 0 Å². The first kappa shape index (κ1) is 10.5. The quantitative estimate of drug-likeness (QED) is 0.730. The fraction of sp³-hybridized carbons (Fsp3) is 0.250. The molecule has 0 radical (unpaired) electrons. The third kappa shape index (κ3) is 2.16. The Hall–Kier alpha value is -1.97. The predicted molar refractivity (Wildman–Crippen MR) is 60.2 cm³/mol. The van der Waals surface area contributed by atoms with Crippen LogP contribution >= 0.6 is 0 Å². The molecule has 0 saturated heterocycles. The lowest BCUT2D eigenvalue weighted by molar-refractivity contribution is 0.0978. The number of rotatable bonds is 4. The molecule has 0 aromatic carbocycles. The van der Waals surface area contributed by atoms with Crippen LogP contribution in [0.1, 0.15) is 23.2 Å². The molecular formula is C12H13N3O. The van der Waals surface area contributed by atoms with Gasteiger partial charge in [-0.15, -0.1) is 0 Å². The van der Waals surface area contributed by atoms with E-state index in [0.29, 0.717) is 12.2 Å². The van der Waals surface area contributed by atoms with Crippen molar-refractivity contribution in [3.63, 3.8) is 0 Å². The molecule has 0 spiro atoms. The molecule has 2 aromatic heterocycles. The number of imidazole rings is 1. The Labute approximate surface area is 94.0 Å². The summed E-state index contributed by atoms with van der Waals surface area (Å²) < 4.78 is 1.84. The number of carbonyl (C=O) groups is 1. The summed E-state index contributed by atoms with van der Waals surface area (Å²) in [6.07, 6.45) is 5.45. The summed E-state index contributed by atoms with van der Waals surface area (Å²) in [5.41, 5.74) is 0.776. The Bertz CT molecular complexity index is 476. The first-order valence-electron chi connectivity index (χ1n) is 5.25. The second kappa shape index (κ2) is 4.70. The molecule has 2 rings (SSSR count). The maximum Gasteiger partial charge on any atom is 0.204 e. The summed E-state index contributed by atoms with van der Waals surface area (Å²) in [4.78, 5) is 20.1. The van der Waals surface area contributed by atoms with Gasteiger partial charge in [-0.05, 0) is 19.1 Å². The van der Waals surface area contributed by atoms with Gasteiger partial charge in [-0.25, -0.2) is 4.98 Å². The summed E-state index contributed by atoms with van der Waals surface area (Å²) >= 11 is 0. The van der Waals surface area contributed by atoms with Gasteiger partial charge in [-0.1, -0.05) is 6.07 Å². The topological polar surface area (TPSA) is 47.8 Å². The Morgan fingerprint density at radius 2 is 2.19 bits per heavy atom. The molecule has 0 bridgehead atoms. The van der Waals surface area contributed by atoms with E-state index in [4.69, 9.17) is 0 Å². The molecule has 16 heavy (non-hydrogen) atoms. The zero-order chi connectivity index (χ0) is 11.4. The van der Waals surface area contributed by atoms with Crippen LogP contribution in [0.5, 0.6) is 0 Å². The first-order valence-corrected chi connectivity index (χ1v) is 5.25. The van der Waals surface area contributed by atoms with Crippen molar-refractivity contribution in [2.24, 2.45) is 0 Å². The summed E-state index contributed by atoms with van der Waals surface area (Å²) in [6.45, 7) is 2.74. The maximum absolute atomic E-state index is 11.9. The predicted octanol–water partition coefficient (Wildman–Crippen LogP) is 1.72. The highest BCUT2D eigenvalue weighted by molar-refractivity contribution is 5.94. The number of aryl methyl sites for hydroxylation is 1. The molecule has 82 valence electrons. The molecule has 0 fully saturated rings. The largest absolute Gasteiger partial charge is 0.329 e. The molecule has 4 nitrogen and oxygen atoms in total. The van der Waals surface area contributed by atoms with Crippen molar-refractivity contribution >= 4 is 5.78 Å². The van der Waals surface area contributed by atoms with Crippen LogP contribution in [0.15, 0.2) is 36.8 Å². The molecule has 0 atom stereocenters. The third-order valence-electron chi connectivity index (χ3n) is 2.37. The van der Waals surface area contributed by atoms with Crippen molar-refractivity contribution in [2.45, 2.75) is 19.9 Å². The Balaban J connectivity index is 2.15. The standard InChI is InChI=1S/C12H13N3O/c1-2-15-8-7-14-12(15)11(16)9-10-5-3-4-6-13-10/h3-8H,2,9H2,1H3. The molecule has 0 aliphatic carbocycles. The highest BCUT2D eigenvalue weighted by Gasteiger charge is 2.12. The van der Waals surface area contributed by atoms with Gasteiger partial charge in [0.15, 0.2) is 5.82 Å². The third-order valence-corrected chi connectivity index (χ3v) is 2.37. The average Bonchev–Trinajstić information content (AvgIpc) is 2.78. The number of Topliss-reactive ketones (excluding diaryl/α,β-unsaturated/α-hetero) is 1. The summed E-state index contributed by atoms with van der Waals surface area (Å²) in [5.74, 6) is 0.513. The number of hydrogen-bond acceptors (Lipinski definition) is 3. The Morgan fingerprint density at radius 1 is 1.31 bits per heavy atom. The van der Waals surface area contributed by atoms with E-state index in [9.17, 15) is 4.79 Å². The molecule has 0 aliphatic heterocycles. The van der Waals surface area contributed by atoms with Crippen molar-refractivity contribution in [1.29, 1.82) is 0 Å². The van der Waals surface area contributed by atoms with Gasteiger partial charge in [0.25, 0.3) is 0 Å². The fourth-order valence-electron chi connectivity index (χ4n) is 1.56. The van der Waals surface area contributed by atoms with Gasteiger partial charge < -0.3 is 4.57 Å². The van der Waals surface area contributed by atoms with Crippen molar-refractivity contribution in [3.8, 4) is 0 Å². The molecule has 0 aliphatic rings. The monoisotopic (exact) mass is 215 g/mol. The minimum absolute atomic E-state index is 0.00514. The molecule has 0 amide bonds. The normalized spacial score (nSPS) is 10.3. The number of ketones is 1. The Kier molecular flexibility index (Phi) is 3.10. The first-order chi connectivity index (χ1) is 7.81. The van der Waals surface area contributed by atoms with Crippen LogP contribution in [0.25, 0.3) is 0 Å². The van der Waals surface area contributed by atoms with Gasteiger partial charge in [0.1, 0.15) is 0 Å². The van der Waals surface area contributed by atoms with Crippen LogP contribution in [0.4, 0.5) is 0 Å². The van der Waals surface area contributed by atoms with Crippen molar-refractivity contribution in [2.75, 3.05) is 0 Å². The minimum Gasteiger partial charge on any atom is -0.329 e. The number of nitrogens with zero attached hydrogens (tertiary/aromatic N) is 3. The number of pyridine rings is 1. The van der Waals surface area contributed by atoms with Gasteiger partial charge in [0.2, 0.25) is 5.78 Å². The highest BCUT2D eigenvalue weighted by atomic mass is 16.1. The van der Waals surface area contributed by atoms with E-state index in [-0.39, 0.29) is 5.78 Å². The van der Waals surface area contributed by atoms with Crippen LogP contribution in [0.3, 0.4) is 0 Å². The molecular weight excluding hydrogens is 202 g/mol. The van der Waals surface area contributed by atoms with E-state index < -0.39 is 0 Å². The molecule has 2 aromatic rings. The summed E-state index contributed by atoms with van der Waals surface area (Å²) in [7, 11) is 0. The molecule has 0 saturated carbocycles. The van der Waals surface area contributed by atoms with Crippen molar-refractivity contribution in [3.05, 3.63) is 48.3 Å². The van der Waals surface area contributed by atoms with Crippen molar-refractivity contribution in [1.82, 2.24) is 14.5 Å². The van der Waals surface area contributed by atoms with E-state index in [1.54, 1.807) is 12.4 Å². The van der Waals surface area contributed by atoms with E-state index in [2.05, 4.69) is 9.97 Å². The van der Waals surface area contributed by atoms with E-state index >= 15 is 0 Å². The van der Waals surface area contributed by atoms with Gasteiger partial charge in [0.05, 0.1) is 6.42 Å². The average molecular weight is 215 g/mol. The van der Waals surface area contributed by atoms with Gasteiger partial charge >= 0.3 is 0 Å². The number of carbonyl (C=O) groups excluding carboxylic acids is 1. The zero-order valence-corrected chi connectivity index (χ0v) is 9.13.